The van der Waals surface area contributed by atoms with Crippen LogP contribution in [0, 0.1) is 5.82 Å². The van der Waals surface area contributed by atoms with Crippen LogP contribution in [0.25, 0.3) is 0 Å². The van der Waals surface area contributed by atoms with Crippen molar-refractivity contribution in [3.63, 3.8) is 0 Å². The molecule has 0 spiro atoms. The maximum absolute atomic E-state index is 13.5. The van der Waals surface area contributed by atoms with E-state index in [1.807, 2.05) is 22.4 Å². The van der Waals surface area contributed by atoms with Gasteiger partial charge in [-0.05, 0) is 84.8 Å². The lowest BCUT2D eigenvalue weighted by molar-refractivity contribution is -0.135. The Labute approximate surface area is 206 Å². The minimum absolute atomic E-state index is 0.00219. The lowest BCUT2D eigenvalue weighted by atomic mass is 10.0. The fraction of sp³-hybridized carbons (Fsp3) is 0.308. The topological polar surface area (TPSA) is 49.9 Å². The van der Waals surface area contributed by atoms with Crippen LogP contribution in [0.4, 0.5) is 4.39 Å². The van der Waals surface area contributed by atoms with Gasteiger partial charge >= 0.3 is 0 Å². The zero-order valence-corrected chi connectivity index (χ0v) is 20.0. The second-order valence-corrected chi connectivity index (χ2v) is 10.0. The van der Waals surface area contributed by atoms with Gasteiger partial charge in [-0.15, -0.1) is 11.3 Å². The SMILES string of the molecule is O=C(c1ccc(F)cc1)N(CC(=O)N1CCc2sccc2[C@@H]1COc1ccc(Cl)cc1)C1CC1. The summed E-state index contributed by atoms with van der Waals surface area (Å²) in [5.41, 5.74) is 1.49. The third kappa shape index (κ3) is 4.95. The number of thiophene rings is 1. The summed E-state index contributed by atoms with van der Waals surface area (Å²) in [6.07, 6.45) is 2.53. The average molecular weight is 499 g/mol. The first kappa shape index (κ1) is 22.9. The van der Waals surface area contributed by atoms with Crippen molar-refractivity contribution in [2.75, 3.05) is 19.7 Å². The van der Waals surface area contributed by atoms with E-state index in [0.717, 1.165) is 24.8 Å². The number of ether oxygens (including phenoxy) is 1. The Morgan fingerprint density at radius 3 is 2.53 bits per heavy atom. The lowest BCUT2D eigenvalue weighted by Crippen LogP contribution is -2.48. The maximum Gasteiger partial charge on any atom is 0.254 e. The van der Waals surface area contributed by atoms with Crippen molar-refractivity contribution in [1.29, 1.82) is 0 Å². The molecule has 34 heavy (non-hydrogen) atoms. The third-order valence-corrected chi connectivity index (χ3v) is 7.53. The summed E-state index contributed by atoms with van der Waals surface area (Å²) < 4.78 is 19.4. The molecule has 0 unspecified atom stereocenters. The molecule has 2 heterocycles. The molecule has 0 radical (unpaired) electrons. The number of rotatable bonds is 7. The minimum Gasteiger partial charge on any atom is -0.491 e. The number of amides is 2. The Hall–Kier alpha value is -2.90. The predicted octanol–water partition coefficient (Wildman–Crippen LogP) is 5.35. The van der Waals surface area contributed by atoms with Gasteiger partial charge in [0.2, 0.25) is 5.91 Å². The van der Waals surface area contributed by atoms with Crippen molar-refractivity contribution in [2.45, 2.75) is 31.3 Å². The molecule has 1 aliphatic carbocycles. The number of fused-ring (bicyclic) bond motifs is 1. The normalized spacial score (nSPS) is 17.2. The summed E-state index contributed by atoms with van der Waals surface area (Å²) in [5.74, 6) is -0.0544. The maximum atomic E-state index is 13.5. The van der Waals surface area contributed by atoms with E-state index in [2.05, 4.69) is 6.07 Å². The summed E-state index contributed by atoms with van der Waals surface area (Å²) in [6.45, 7) is 0.883. The van der Waals surface area contributed by atoms with E-state index >= 15 is 0 Å². The molecule has 2 aliphatic rings. The van der Waals surface area contributed by atoms with Crippen molar-refractivity contribution in [3.8, 4) is 5.75 Å². The molecule has 1 saturated carbocycles. The smallest absolute Gasteiger partial charge is 0.254 e. The largest absolute Gasteiger partial charge is 0.491 e. The fourth-order valence-corrected chi connectivity index (χ4v) is 5.38. The van der Waals surface area contributed by atoms with Gasteiger partial charge in [-0.3, -0.25) is 9.59 Å². The van der Waals surface area contributed by atoms with Crippen LogP contribution < -0.4 is 4.74 Å². The first-order chi connectivity index (χ1) is 16.5. The first-order valence-corrected chi connectivity index (χ1v) is 12.6. The molecule has 2 amide bonds. The number of hydrogen-bond donors (Lipinski definition) is 0. The number of carbonyl (C=O) groups is 2. The number of hydrogen-bond acceptors (Lipinski definition) is 4. The van der Waals surface area contributed by atoms with E-state index < -0.39 is 5.82 Å². The van der Waals surface area contributed by atoms with Crippen molar-refractivity contribution in [1.82, 2.24) is 9.80 Å². The summed E-state index contributed by atoms with van der Waals surface area (Å²) in [6, 6.07) is 14.5. The van der Waals surface area contributed by atoms with Gasteiger partial charge in [0.25, 0.3) is 5.91 Å². The van der Waals surface area contributed by atoms with Gasteiger partial charge in [0.15, 0.2) is 0 Å². The van der Waals surface area contributed by atoms with Gasteiger partial charge in [-0.1, -0.05) is 11.6 Å². The van der Waals surface area contributed by atoms with Crippen LogP contribution >= 0.6 is 22.9 Å². The molecule has 2 aromatic carbocycles. The van der Waals surface area contributed by atoms with Crippen LogP contribution in [0.15, 0.2) is 60.0 Å². The van der Waals surface area contributed by atoms with Crippen LogP contribution in [-0.2, 0) is 11.2 Å². The van der Waals surface area contributed by atoms with Gasteiger partial charge in [-0.25, -0.2) is 4.39 Å². The number of benzene rings is 2. The van der Waals surface area contributed by atoms with Crippen LogP contribution in [0.5, 0.6) is 5.75 Å². The zero-order chi connectivity index (χ0) is 23.7. The molecule has 5 rings (SSSR count). The highest BCUT2D eigenvalue weighted by Crippen LogP contribution is 2.35. The quantitative estimate of drug-likeness (QED) is 0.441. The second kappa shape index (κ2) is 9.76. The van der Waals surface area contributed by atoms with Gasteiger partial charge in [0.05, 0.1) is 6.04 Å². The molecule has 176 valence electrons. The molecule has 5 nitrogen and oxygen atoms in total. The molecule has 1 fully saturated rings. The molecular formula is C26H24ClFN2O3S. The van der Waals surface area contributed by atoms with Crippen LogP contribution in [0.3, 0.4) is 0 Å². The standard InChI is InChI=1S/C26H24ClFN2O3S/c27-18-3-9-21(10-4-18)33-16-23-22-12-14-34-24(22)11-13-29(23)25(31)15-30(20-7-8-20)26(32)17-1-5-19(28)6-2-17/h1-6,9-10,12,14,20,23H,7-8,11,13,15-16H2/t23-/m0/s1. The monoisotopic (exact) mass is 498 g/mol. The zero-order valence-electron chi connectivity index (χ0n) is 18.5. The highest BCUT2D eigenvalue weighted by atomic mass is 35.5. The van der Waals surface area contributed by atoms with E-state index in [4.69, 9.17) is 16.3 Å². The Balaban J connectivity index is 1.33. The summed E-state index contributed by atoms with van der Waals surface area (Å²) in [5, 5.41) is 2.68. The molecule has 3 aromatic rings. The second-order valence-electron chi connectivity index (χ2n) is 8.59. The van der Waals surface area contributed by atoms with Gasteiger partial charge in [-0.2, -0.15) is 0 Å². The van der Waals surface area contributed by atoms with E-state index in [0.29, 0.717) is 29.5 Å². The van der Waals surface area contributed by atoms with Crippen LogP contribution in [0.1, 0.15) is 39.7 Å². The van der Waals surface area contributed by atoms with Gasteiger partial charge in [0, 0.05) is 28.0 Å². The average Bonchev–Trinajstić information content (AvgIpc) is 3.57. The Bertz CT molecular complexity index is 1180. The van der Waals surface area contributed by atoms with Crippen molar-refractivity contribution in [2.24, 2.45) is 0 Å². The Morgan fingerprint density at radius 2 is 1.82 bits per heavy atom. The summed E-state index contributed by atoms with van der Waals surface area (Å²) in [7, 11) is 0. The van der Waals surface area contributed by atoms with Gasteiger partial charge in [0.1, 0.15) is 24.7 Å². The van der Waals surface area contributed by atoms with E-state index in [9.17, 15) is 14.0 Å². The van der Waals surface area contributed by atoms with Crippen molar-refractivity contribution < 1.29 is 18.7 Å². The van der Waals surface area contributed by atoms with E-state index in [-0.39, 0.29) is 30.4 Å². The van der Waals surface area contributed by atoms with Crippen molar-refractivity contribution in [3.05, 3.63) is 86.8 Å². The summed E-state index contributed by atoms with van der Waals surface area (Å²) in [4.78, 5) is 31.4. The van der Waals surface area contributed by atoms with E-state index in [1.54, 1.807) is 28.4 Å². The number of halogens is 2. The fourth-order valence-electron chi connectivity index (χ4n) is 4.33. The number of nitrogens with zero attached hydrogens (tertiary/aromatic N) is 2. The highest BCUT2D eigenvalue weighted by Gasteiger charge is 2.38. The lowest BCUT2D eigenvalue weighted by Gasteiger charge is -2.37. The molecule has 1 aromatic heterocycles. The first-order valence-electron chi connectivity index (χ1n) is 11.3. The van der Waals surface area contributed by atoms with Crippen LogP contribution in [-0.4, -0.2) is 47.4 Å². The molecule has 0 saturated heterocycles. The Morgan fingerprint density at radius 1 is 1.09 bits per heavy atom. The molecule has 0 N–H and O–H groups in total. The molecular weight excluding hydrogens is 475 g/mol. The van der Waals surface area contributed by atoms with Crippen molar-refractivity contribution >= 4 is 34.8 Å². The molecule has 1 atom stereocenters. The predicted molar refractivity (Wildman–Crippen MR) is 130 cm³/mol. The third-order valence-electron chi connectivity index (χ3n) is 6.28. The Kier molecular flexibility index (Phi) is 6.57. The minimum atomic E-state index is -0.394. The van der Waals surface area contributed by atoms with Gasteiger partial charge < -0.3 is 14.5 Å². The highest BCUT2D eigenvalue weighted by molar-refractivity contribution is 7.10. The molecule has 0 bridgehead atoms. The summed E-state index contributed by atoms with van der Waals surface area (Å²) >= 11 is 7.67. The molecule has 1 aliphatic heterocycles. The van der Waals surface area contributed by atoms with Crippen LogP contribution in [0.2, 0.25) is 5.02 Å². The number of carbonyl (C=O) groups excluding carboxylic acids is 2. The van der Waals surface area contributed by atoms with E-state index in [1.165, 1.54) is 29.1 Å². The molecule has 8 heteroatoms.